The maximum atomic E-state index is 14.4. The van der Waals surface area contributed by atoms with Crippen LogP contribution in [0.3, 0.4) is 0 Å². The molecule has 26 heavy (non-hydrogen) atoms. The van der Waals surface area contributed by atoms with Crippen LogP contribution in [-0.2, 0) is 6.42 Å². The Balaban J connectivity index is 1.47. The molecule has 3 heteroatoms. The minimum absolute atomic E-state index is 0.0613. The fraction of sp³-hybridized carbons (Fsp3) is 0.739. The van der Waals surface area contributed by atoms with E-state index < -0.39 is 6.17 Å². The number of aliphatic hydroxyl groups is 1. The van der Waals surface area contributed by atoms with Gasteiger partial charge in [0.25, 0.3) is 0 Å². The summed E-state index contributed by atoms with van der Waals surface area (Å²) in [6, 6.07) is 4.42. The quantitative estimate of drug-likeness (QED) is 0.478. The van der Waals surface area contributed by atoms with Gasteiger partial charge in [-0.25, -0.2) is 4.39 Å². The highest BCUT2D eigenvalue weighted by Crippen LogP contribution is 2.47. The number of rotatable bonds is 9. The fourth-order valence-corrected chi connectivity index (χ4v) is 5.93. The molecule has 2 saturated carbocycles. The Hall–Kier alpha value is -0.670. The fourth-order valence-electron chi connectivity index (χ4n) is 4.99. The summed E-state index contributed by atoms with van der Waals surface area (Å²) in [5.41, 5.74) is 0.146. The van der Waals surface area contributed by atoms with Gasteiger partial charge in [-0.05, 0) is 88.2 Å². The number of halogens is 1. The Morgan fingerprint density at radius 2 is 2.15 bits per heavy atom. The van der Waals surface area contributed by atoms with Gasteiger partial charge in [-0.3, -0.25) is 0 Å². The van der Waals surface area contributed by atoms with Crippen LogP contribution in [0, 0.1) is 24.2 Å². The lowest BCUT2D eigenvalue weighted by atomic mass is 9.63. The predicted molar refractivity (Wildman–Crippen MR) is 109 cm³/mol. The molecule has 1 nitrogen and oxygen atoms in total. The molecule has 0 spiro atoms. The van der Waals surface area contributed by atoms with Gasteiger partial charge in [0.15, 0.2) is 0 Å². The summed E-state index contributed by atoms with van der Waals surface area (Å²) in [4.78, 5) is 2.83. The van der Waals surface area contributed by atoms with Gasteiger partial charge >= 0.3 is 0 Å². The molecule has 1 N–H and O–H groups in total. The average Bonchev–Trinajstić information content (AvgIpc) is 3.14. The zero-order valence-corrected chi connectivity index (χ0v) is 17.2. The Kier molecular flexibility index (Phi) is 6.96. The normalized spacial score (nSPS) is 29.2. The number of aliphatic hydroxyl groups excluding tert-OH is 1. The maximum Gasteiger partial charge on any atom is 0.107 e. The first-order chi connectivity index (χ1) is 12.5. The van der Waals surface area contributed by atoms with Crippen LogP contribution >= 0.6 is 11.3 Å². The Morgan fingerprint density at radius 1 is 1.35 bits per heavy atom. The Labute approximate surface area is 162 Å². The zero-order chi connectivity index (χ0) is 18.6. The van der Waals surface area contributed by atoms with Crippen molar-refractivity contribution in [3.05, 3.63) is 34.0 Å². The molecule has 3 rings (SSSR count). The molecule has 0 amide bonds. The second kappa shape index (κ2) is 9.01. The highest BCUT2D eigenvalue weighted by molar-refractivity contribution is 7.11. The average molecular weight is 379 g/mol. The maximum absolute atomic E-state index is 14.4. The molecule has 2 aliphatic carbocycles. The van der Waals surface area contributed by atoms with E-state index in [1.165, 1.54) is 16.2 Å². The van der Waals surface area contributed by atoms with Crippen LogP contribution in [0.2, 0.25) is 0 Å². The second-order valence-electron chi connectivity index (χ2n) is 8.58. The Morgan fingerprint density at radius 3 is 2.77 bits per heavy atom. The van der Waals surface area contributed by atoms with Gasteiger partial charge in [0.05, 0.1) is 6.10 Å². The van der Waals surface area contributed by atoms with Crippen LogP contribution in [-0.4, -0.2) is 17.4 Å². The van der Waals surface area contributed by atoms with Crippen molar-refractivity contribution >= 4 is 11.3 Å². The van der Waals surface area contributed by atoms with E-state index in [4.69, 9.17) is 0 Å². The van der Waals surface area contributed by atoms with E-state index in [9.17, 15) is 9.50 Å². The second-order valence-corrected chi connectivity index (χ2v) is 9.96. The highest BCUT2D eigenvalue weighted by atomic mass is 32.1. The van der Waals surface area contributed by atoms with Crippen LogP contribution in [0.15, 0.2) is 24.3 Å². The summed E-state index contributed by atoms with van der Waals surface area (Å²) in [5, 5.41) is 10.6. The summed E-state index contributed by atoms with van der Waals surface area (Å²) in [5.74, 6) is 0.537. The van der Waals surface area contributed by atoms with Crippen molar-refractivity contribution in [2.45, 2.75) is 90.3 Å². The number of hydrogen-bond acceptors (Lipinski definition) is 2. The summed E-state index contributed by atoms with van der Waals surface area (Å²) in [7, 11) is 0. The summed E-state index contributed by atoms with van der Waals surface area (Å²) < 4.78 is 14.4. The van der Waals surface area contributed by atoms with Gasteiger partial charge in [0.2, 0.25) is 0 Å². The van der Waals surface area contributed by atoms with Gasteiger partial charge in [0.1, 0.15) is 6.17 Å². The van der Waals surface area contributed by atoms with Crippen molar-refractivity contribution in [3.8, 4) is 0 Å². The van der Waals surface area contributed by atoms with Crippen LogP contribution in [0.25, 0.3) is 0 Å². The number of alkyl halides is 1. The number of thiophene rings is 1. The molecular weight excluding hydrogens is 343 g/mol. The molecule has 0 saturated heterocycles. The number of allylic oxidation sites excluding steroid dienone is 1. The van der Waals surface area contributed by atoms with E-state index in [2.05, 4.69) is 38.1 Å². The SMILES string of the molecule is CCC1(C(O)C/C=C/C2[C@@H](CCCc3ccc(C)s3)CC[C@H]2F)CCC1. The topological polar surface area (TPSA) is 20.2 Å². The number of aryl methyl sites for hydroxylation is 2. The molecule has 2 fully saturated rings. The van der Waals surface area contributed by atoms with Crippen LogP contribution in [0.4, 0.5) is 4.39 Å². The van der Waals surface area contributed by atoms with Gasteiger partial charge in [-0.15, -0.1) is 11.3 Å². The van der Waals surface area contributed by atoms with Gasteiger partial charge in [0, 0.05) is 15.7 Å². The van der Waals surface area contributed by atoms with E-state index >= 15 is 0 Å². The molecule has 1 aromatic rings. The van der Waals surface area contributed by atoms with Crippen molar-refractivity contribution in [2.24, 2.45) is 17.3 Å². The van der Waals surface area contributed by atoms with E-state index in [0.717, 1.165) is 44.9 Å². The lowest BCUT2D eigenvalue weighted by Gasteiger charge is -2.45. The smallest absolute Gasteiger partial charge is 0.107 e. The third-order valence-electron chi connectivity index (χ3n) is 7.05. The first-order valence-corrected chi connectivity index (χ1v) is 11.4. The molecule has 0 radical (unpaired) electrons. The lowest BCUT2D eigenvalue weighted by Crippen LogP contribution is -2.40. The molecule has 4 atom stereocenters. The van der Waals surface area contributed by atoms with Gasteiger partial charge < -0.3 is 5.11 Å². The van der Waals surface area contributed by atoms with Crippen molar-refractivity contribution in [1.82, 2.24) is 0 Å². The van der Waals surface area contributed by atoms with Gasteiger partial charge in [-0.2, -0.15) is 0 Å². The molecule has 146 valence electrons. The van der Waals surface area contributed by atoms with E-state index in [1.54, 1.807) is 0 Å². The third kappa shape index (κ3) is 4.59. The largest absolute Gasteiger partial charge is 0.392 e. The summed E-state index contributed by atoms with van der Waals surface area (Å²) in [6.07, 6.45) is 13.7. The van der Waals surface area contributed by atoms with E-state index in [1.807, 2.05) is 11.3 Å². The number of hydrogen-bond donors (Lipinski definition) is 1. The van der Waals surface area contributed by atoms with Crippen molar-refractivity contribution < 1.29 is 9.50 Å². The standard InChI is InChI=1S/C23H35FOS/c1-3-23(15-6-16-23)22(25)10-5-9-20-18(12-14-21(20)24)7-4-8-19-13-11-17(2)26-19/h5,9,11,13,18,20-22,25H,3-4,6-8,10,12,14-16H2,1-2H3/b9-5+/t18-,20?,21+,22?/m0/s1. The first kappa shape index (κ1) is 20.1. The summed E-state index contributed by atoms with van der Waals surface area (Å²) in [6.45, 7) is 4.34. The molecule has 1 aromatic heterocycles. The van der Waals surface area contributed by atoms with Crippen LogP contribution in [0.5, 0.6) is 0 Å². The van der Waals surface area contributed by atoms with E-state index in [0.29, 0.717) is 18.8 Å². The van der Waals surface area contributed by atoms with Gasteiger partial charge in [-0.1, -0.05) is 25.5 Å². The van der Waals surface area contributed by atoms with Crippen LogP contribution < -0.4 is 0 Å². The van der Waals surface area contributed by atoms with Crippen LogP contribution in [0.1, 0.15) is 74.5 Å². The van der Waals surface area contributed by atoms with E-state index in [-0.39, 0.29) is 17.4 Å². The third-order valence-corrected chi connectivity index (χ3v) is 8.11. The Bertz CT molecular complexity index is 583. The molecule has 2 aliphatic rings. The van der Waals surface area contributed by atoms with Crippen molar-refractivity contribution in [1.29, 1.82) is 0 Å². The van der Waals surface area contributed by atoms with Crippen molar-refractivity contribution in [2.75, 3.05) is 0 Å². The zero-order valence-electron chi connectivity index (χ0n) is 16.4. The molecule has 0 aliphatic heterocycles. The first-order valence-electron chi connectivity index (χ1n) is 10.6. The molecule has 1 heterocycles. The molecular formula is C23H35FOS. The van der Waals surface area contributed by atoms with Crippen molar-refractivity contribution in [3.63, 3.8) is 0 Å². The lowest BCUT2D eigenvalue weighted by molar-refractivity contribution is -0.0355. The molecule has 0 aromatic carbocycles. The monoisotopic (exact) mass is 378 g/mol. The minimum Gasteiger partial charge on any atom is -0.392 e. The molecule has 2 unspecified atom stereocenters. The summed E-state index contributed by atoms with van der Waals surface area (Å²) >= 11 is 1.88. The molecule has 0 bridgehead atoms. The predicted octanol–water partition coefficient (Wildman–Crippen LogP) is 6.63. The minimum atomic E-state index is -0.693. The highest BCUT2D eigenvalue weighted by Gasteiger charge is 2.41.